The summed E-state index contributed by atoms with van der Waals surface area (Å²) in [6, 6.07) is 6.37. The molecule has 6 nitrogen and oxygen atoms in total. The van der Waals surface area contributed by atoms with Crippen molar-refractivity contribution >= 4 is 23.3 Å². The van der Waals surface area contributed by atoms with Crippen molar-refractivity contribution in [2.24, 2.45) is 0 Å². The van der Waals surface area contributed by atoms with Gasteiger partial charge in [0.1, 0.15) is 6.04 Å². The van der Waals surface area contributed by atoms with E-state index in [1.54, 1.807) is 19.1 Å². The van der Waals surface area contributed by atoms with Crippen LogP contribution in [0.3, 0.4) is 0 Å². The van der Waals surface area contributed by atoms with Gasteiger partial charge in [-0.3, -0.25) is 10.1 Å². The van der Waals surface area contributed by atoms with Gasteiger partial charge in [-0.2, -0.15) is 0 Å². The average molecular weight is 278 g/mol. The second-order valence-electron chi connectivity index (χ2n) is 4.53. The van der Waals surface area contributed by atoms with E-state index in [4.69, 9.17) is 5.73 Å². The van der Waals surface area contributed by atoms with Crippen LogP contribution < -0.4 is 21.3 Å². The molecule has 0 aromatic heterocycles. The Bertz CT molecular complexity index is 459. The molecular formula is C14H22N4O2. The van der Waals surface area contributed by atoms with Crippen molar-refractivity contribution < 1.29 is 9.59 Å². The van der Waals surface area contributed by atoms with E-state index >= 15 is 0 Å². The van der Waals surface area contributed by atoms with Crippen molar-refractivity contribution in [2.45, 2.75) is 26.3 Å². The van der Waals surface area contributed by atoms with Crippen LogP contribution in [0.2, 0.25) is 0 Å². The van der Waals surface area contributed by atoms with Crippen LogP contribution >= 0.6 is 0 Å². The molecule has 0 aliphatic heterocycles. The minimum absolute atomic E-state index is 0.338. The predicted molar refractivity (Wildman–Crippen MR) is 80.6 cm³/mol. The monoisotopic (exact) mass is 278 g/mol. The van der Waals surface area contributed by atoms with Gasteiger partial charge >= 0.3 is 6.03 Å². The Labute approximate surface area is 119 Å². The van der Waals surface area contributed by atoms with Crippen LogP contribution in [-0.4, -0.2) is 31.6 Å². The van der Waals surface area contributed by atoms with Gasteiger partial charge in [0.05, 0.1) is 0 Å². The zero-order valence-corrected chi connectivity index (χ0v) is 12.1. The molecule has 1 rings (SSSR count). The van der Waals surface area contributed by atoms with Crippen molar-refractivity contribution in [1.82, 2.24) is 10.6 Å². The van der Waals surface area contributed by atoms with Crippen LogP contribution in [0.1, 0.15) is 20.3 Å². The number of amides is 3. The van der Waals surface area contributed by atoms with Gasteiger partial charge in [-0.25, -0.2) is 4.79 Å². The SMILES string of the molecule is CCCN(c1ccc(N)cc1)C(C)C(=O)NC(=O)NC. The van der Waals surface area contributed by atoms with Gasteiger partial charge in [0, 0.05) is 25.0 Å². The number of benzene rings is 1. The smallest absolute Gasteiger partial charge is 0.321 e. The number of imide groups is 1. The lowest BCUT2D eigenvalue weighted by atomic mass is 10.2. The van der Waals surface area contributed by atoms with Crippen molar-refractivity contribution in [3.63, 3.8) is 0 Å². The minimum Gasteiger partial charge on any atom is -0.399 e. The molecule has 0 aliphatic carbocycles. The molecule has 3 amide bonds. The molecule has 1 atom stereocenters. The number of hydrogen-bond acceptors (Lipinski definition) is 4. The second-order valence-corrected chi connectivity index (χ2v) is 4.53. The van der Waals surface area contributed by atoms with E-state index < -0.39 is 12.1 Å². The first kappa shape index (κ1) is 15.8. The van der Waals surface area contributed by atoms with Gasteiger partial charge in [-0.15, -0.1) is 0 Å². The number of nitrogens with zero attached hydrogens (tertiary/aromatic N) is 1. The van der Waals surface area contributed by atoms with Gasteiger partial charge in [0.25, 0.3) is 0 Å². The molecule has 0 saturated heterocycles. The van der Waals surface area contributed by atoms with E-state index in [2.05, 4.69) is 10.6 Å². The largest absolute Gasteiger partial charge is 0.399 e. The van der Waals surface area contributed by atoms with Crippen molar-refractivity contribution in [1.29, 1.82) is 0 Å². The molecule has 0 spiro atoms. The van der Waals surface area contributed by atoms with E-state index in [1.165, 1.54) is 7.05 Å². The fourth-order valence-corrected chi connectivity index (χ4v) is 1.87. The van der Waals surface area contributed by atoms with Crippen LogP contribution in [0, 0.1) is 0 Å². The topological polar surface area (TPSA) is 87.5 Å². The number of nitrogens with two attached hydrogens (primary N) is 1. The highest BCUT2D eigenvalue weighted by atomic mass is 16.2. The van der Waals surface area contributed by atoms with Crippen LogP contribution in [0.25, 0.3) is 0 Å². The number of urea groups is 1. The number of carbonyl (C=O) groups is 2. The van der Waals surface area contributed by atoms with Crippen LogP contribution in [0.5, 0.6) is 0 Å². The molecule has 6 heteroatoms. The molecule has 0 saturated carbocycles. The number of carbonyl (C=O) groups excluding carboxylic acids is 2. The molecule has 1 unspecified atom stereocenters. The van der Waals surface area contributed by atoms with E-state index in [1.807, 2.05) is 24.0 Å². The van der Waals surface area contributed by atoms with Crippen molar-refractivity contribution in [3.05, 3.63) is 24.3 Å². The van der Waals surface area contributed by atoms with E-state index in [0.717, 1.165) is 12.1 Å². The van der Waals surface area contributed by atoms with Gasteiger partial charge in [-0.05, 0) is 37.6 Å². The Morgan fingerprint density at radius 1 is 1.30 bits per heavy atom. The molecule has 4 N–H and O–H groups in total. The maximum atomic E-state index is 12.0. The van der Waals surface area contributed by atoms with Crippen LogP contribution in [0.15, 0.2) is 24.3 Å². The molecule has 0 fully saturated rings. The Kier molecular flexibility index (Phi) is 5.83. The first-order valence-corrected chi connectivity index (χ1v) is 6.64. The first-order valence-electron chi connectivity index (χ1n) is 6.64. The Morgan fingerprint density at radius 2 is 1.90 bits per heavy atom. The quantitative estimate of drug-likeness (QED) is 0.709. The van der Waals surface area contributed by atoms with Gasteiger partial charge < -0.3 is 16.0 Å². The third-order valence-corrected chi connectivity index (χ3v) is 3.00. The maximum absolute atomic E-state index is 12.0. The maximum Gasteiger partial charge on any atom is 0.321 e. The van der Waals surface area contributed by atoms with Crippen molar-refractivity contribution in [2.75, 3.05) is 24.2 Å². The summed E-state index contributed by atoms with van der Waals surface area (Å²) in [5.41, 5.74) is 7.25. The third-order valence-electron chi connectivity index (χ3n) is 3.00. The highest BCUT2D eigenvalue weighted by molar-refractivity contribution is 5.98. The Balaban J connectivity index is 2.86. The molecule has 110 valence electrons. The average Bonchev–Trinajstić information content (AvgIpc) is 2.45. The molecule has 1 aromatic carbocycles. The Morgan fingerprint density at radius 3 is 2.40 bits per heavy atom. The van der Waals surface area contributed by atoms with Crippen molar-refractivity contribution in [3.8, 4) is 0 Å². The molecule has 20 heavy (non-hydrogen) atoms. The first-order chi connectivity index (χ1) is 9.49. The van der Waals surface area contributed by atoms with Gasteiger partial charge in [0.2, 0.25) is 5.91 Å². The Hall–Kier alpha value is -2.24. The molecule has 1 aromatic rings. The van der Waals surface area contributed by atoms with E-state index in [0.29, 0.717) is 12.2 Å². The number of hydrogen-bond donors (Lipinski definition) is 3. The summed E-state index contributed by atoms with van der Waals surface area (Å²) >= 11 is 0. The highest BCUT2D eigenvalue weighted by Crippen LogP contribution is 2.19. The van der Waals surface area contributed by atoms with E-state index in [9.17, 15) is 9.59 Å². The zero-order chi connectivity index (χ0) is 15.1. The standard InChI is InChI=1S/C14H22N4O2/c1-4-9-18(12-7-5-11(15)6-8-12)10(2)13(19)17-14(20)16-3/h5-8,10H,4,9,15H2,1-3H3,(H2,16,17,19,20). The summed E-state index contributed by atoms with van der Waals surface area (Å²) in [6.45, 7) is 4.52. The van der Waals surface area contributed by atoms with E-state index in [-0.39, 0.29) is 5.91 Å². The summed E-state index contributed by atoms with van der Waals surface area (Å²) in [7, 11) is 1.47. The lowest BCUT2D eigenvalue weighted by Crippen LogP contribution is -2.49. The summed E-state index contributed by atoms with van der Waals surface area (Å²) in [6.07, 6.45) is 0.891. The summed E-state index contributed by atoms with van der Waals surface area (Å²) < 4.78 is 0. The fraction of sp³-hybridized carbons (Fsp3) is 0.429. The molecule has 0 heterocycles. The van der Waals surface area contributed by atoms with Crippen LogP contribution in [-0.2, 0) is 4.79 Å². The lowest BCUT2D eigenvalue weighted by molar-refractivity contribution is -0.121. The highest BCUT2D eigenvalue weighted by Gasteiger charge is 2.22. The summed E-state index contributed by atoms with van der Waals surface area (Å²) in [4.78, 5) is 25.2. The fourth-order valence-electron chi connectivity index (χ4n) is 1.87. The molecule has 0 aliphatic rings. The lowest BCUT2D eigenvalue weighted by Gasteiger charge is -2.30. The molecule has 0 bridgehead atoms. The predicted octanol–water partition coefficient (Wildman–Crippen LogP) is 1.33. The van der Waals surface area contributed by atoms with Crippen LogP contribution in [0.4, 0.5) is 16.2 Å². The molecular weight excluding hydrogens is 256 g/mol. The summed E-state index contributed by atoms with van der Waals surface area (Å²) in [5, 5.41) is 4.66. The minimum atomic E-state index is -0.504. The normalized spacial score (nSPS) is 11.6. The van der Waals surface area contributed by atoms with Gasteiger partial charge in [-0.1, -0.05) is 6.92 Å². The summed E-state index contributed by atoms with van der Waals surface area (Å²) in [5.74, 6) is -0.338. The number of nitrogen functional groups attached to an aromatic ring is 1. The zero-order valence-electron chi connectivity index (χ0n) is 12.1. The number of nitrogens with one attached hydrogen (secondary N) is 2. The second kappa shape index (κ2) is 7.37. The number of rotatable bonds is 5. The van der Waals surface area contributed by atoms with Gasteiger partial charge in [0.15, 0.2) is 0 Å². The third kappa shape index (κ3) is 4.15. The molecule has 0 radical (unpaired) electrons. The number of anilines is 2.